The van der Waals surface area contributed by atoms with Crippen molar-refractivity contribution in [2.45, 2.75) is 6.92 Å². The van der Waals surface area contributed by atoms with Crippen molar-refractivity contribution >= 4 is 11.6 Å². The second kappa shape index (κ2) is 3.23. The fourth-order valence-electron chi connectivity index (χ4n) is 1.28. The normalized spacial score (nSPS) is 10.3. The smallest absolute Gasteiger partial charge is 0.233 e. The Balaban J connectivity index is 2.59. The first-order valence-electron chi connectivity index (χ1n) is 3.95. The molecule has 0 aliphatic heterocycles. The van der Waals surface area contributed by atoms with Crippen molar-refractivity contribution in [3.8, 4) is 11.1 Å². The van der Waals surface area contributed by atoms with Crippen molar-refractivity contribution in [1.29, 1.82) is 0 Å². The SMILES string of the molecule is Cc1ccccc1-c1cnoc1Cl. The molecule has 3 heteroatoms. The largest absolute Gasteiger partial charge is 0.344 e. The molecule has 0 bridgehead atoms. The van der Waals surface area contributed by atoms with Gasteiger partial charge in [0.1, 0.15) is 0 Å². The minimum atomic E-state index is 0.342. The van der Waals surface area contributed by atoms with E-state index in [0.29, 0.717) is 5.22 Å². The van der Waals surface area contributed by atoms with Gasteiger partial charge in [-0.15, -0.1) is 0 Å². The van der Waals surface area contributed by atoms with Crippen LogP contribution in [0.25, 0.3) is 11.1 Å². The molecule has 2 aromatic rings. The molecule has 0 unspecified atom stereocenters. The summed E-state index contributed by atoms with van der Waals surface area (Å²) < 4.78 is 4.79. The van der Waals surface area contributed by atoms with Crippen LogP contribution in [0.4, 0.5) is 0 Å². The Morgan fingerprint density at radius 1 is 1.23 bits per heavy atom. The first kappa shape index (κ1) is 8.32. The average molecular weight is 194 g/mol. The molecule has 0 radical (unpaired) electrons. The third-order valence-electron chi connectivity index (χ3n) is 1.96. The molecule has 0 N–H and O–H groups in total. The molecule has 1 aromatic heterocycles. The van der Waals surface area contributed by atoms with Gasteiger partial charge in [0.25, 0.3) is 0 Å². The lowest BCUT2D eigenvalue weighted by Crippen LogP contribution is -1.79. The molecule has 1 heterocycles. The van der Waals surface area contributed by atoms with Crippen LogP contribution in [-0.2, 0) is 0 Å². The average Bonchev–Trinajstić information content (AvgIpc) is 2.52. The lowest BCUT2D eigenvalue weighted by Gasteiger charge is -2.00. The summed E-state index contributed by atoms with van der Waals surface area (Å²) in [6, 6.07) is 7.97. The highest BCUT2D eigenvalue weighted by atomic mass is 35.5. The van der Waals surface area contributed by atoms with Gasteiger partial charge in [-0.1, -0.05) is 29.4 Å². The Morgan fingerprint density at radius 2 is 2.00 bits per heavy atom. The quantitative estimate of drug-likeness (QED) is 0.695. The van der Waals surface area contributed by atoms with Gasteiger partial charge < -0.3 is 4.52 Å². The van der Waals surface area contributed by atoms with Gasteiger partial charge in [-0.05, 0) is 29.7 Å². The zero-order chi connectivity index (χ0) is 9.26. The molecule has 0 saturated carbocycles. The summed E-state index contributed by atoms with van der Waals surface area (Å²) >= 11 is 5.82. The van der Waals surface area contributed by atoms with E-state index in [-0.39, 0.29) is 0 Å². The number of halogens is 1. The Hall–Kier alpha value is -1.28. The van der Waals surface area contributed by atoms with Crippen molar-refractivity contribution < 1.29 is 4.52 Å². The van der Waals surface area contributed by atoms with Crippen molar-refractivity contribution in [3.05, 3.63) is 41.2 Å². The van der Waals surface area contributed by atoms with Gasteiger partial charge in [0, 0.05) is 0 Å². The molecule has 0 fully saturated rings. The van der Waals surface area contributed by atoms with Crippen LogP contribution in [-0.4, -0.2) is 5.16 Å². The number of aromatic nitrogens is 1. The van der Waals surface area contributed by atoms with E-state index in [1.165, 1.54) is 0 Å². The highest BCUT2D eigenvalue weighted by Crippen LogP contribution is 2.29. The van der Waals surface area contributed by atoms with E-state index in [2.05, 4.69) is 5.16 Å². The monoisotopic (exact) mass is 193 g/mol. The van der Waals surface area contributed by atoms with Crippen molar-refractivity contribution in [1.82, 2.24) is 5.16 Å². The molecular formula is C10H8ClNO. The zero-order valence-electron chi connectivity index (χ0n) is 7.12. The van der Waals surface area contributed by atoms with Gasteiger partial charge in [-0.3, -0.25) is 0 Å². The van der Waals surface area contributed by atoms with E-state index in [4.69, 9.17) is 16.1 Å². The molecule has 0 spiro atoms. The predicted octanol–water partition coefficient (Wildman–Crippen LogP) is 3.30. The second-order valence-electron chi connectivity index (χ2n) is 2.83. The molecule has 0 aliphatic carbocycles. The number of hydrogen-bond donors (Lipinski definition) is 0. The van der Waals surface area contributed by atoms with E-state index < -0.39 is 0 Å². The molecule has 13 heavy (non-hydrogen) atoms. The topological polar surface area (TPSA) is 26.0 Å². The van der Waals surface area contributed by atoms with Crippen molar-refractivity contribution in [3.63, 3.8) is 0 Å². The molecule has 0 atom stereocenters. The van der Waals surface area contributed by atoms with Gasteiger partial charge in [-0.2, -0.15) is 0 Å². The van der Waals surface area contributed by atoms with Crippen LogP contribution in [0.15, 0.2) is 35.0 Å². The van der Waals surface area contributed by atoms with Gasteiger partial charge in [-0.25, -0.2) is 0 Å². The van der Waals surface area contributed by atoms with Crippen LogP contribution < -0.4 is 0 Å². The third-order valence-corrected chi connectivity index (χ3v) is 2.23. The van der Waals surface area contributed by atoms with Crippen LogP contribution in [0.2, 0.25) is 5.22 Å². The Labute approximate surface area is 81.1 Å². The highest BCUT2D eigenvalue weighted by molar-refractivity contribution is 6.31. The van der Waals surface area contributed by atoms with E-state index in [1.807, 2.05) is 31.2 Å². The second-order valence-corrected chi connectivity index (χ2v) is 3.17. The number of hydrogen-bond acceptors (Lipinski definition) is 2. The zero-order valence-corrected chi connectivity index (χ0v) is 7.88. The van der Waals surface area contributed by atoms with Crippen LogP contribution >= 0.6 is 11.6 Å². The molecule has 66 valence electrons. The molecule has 0 saturated heterocycles. The van der Waals surface area contributed by atoms with Crippen LogP contribution in [0.3, 0.4) is 0 Å². The summed E-state index contributed by atoms with van der Waals surface area (Å²) in [5.74, 6) is 0. The Morgan fingerprint density at radius 3 is 2.62 bits per heavy atom. The van der Waals surface area contributed by atoms with Crippen LogP contribution in [0.1, 0.15) is 5.56 Å². The molecule has 0 aliphatic rings. The van der Waals surface area contributed by atoms with E-state index >= 15 is 0 Å². The maximum absolute atomic E-state index is 5.82. The van der Waals surface area contributed by atoms with Gasteiger partial charge in [0.05, 0.1) is 11.8 Å². The minimum absolute atomic E-state index is 0.342. The van der Waals surface area contributed by atoms with Crippen LogP contribution in [0, 0.1) is 6.92 Å². The summed E-state index contributed by atoms with van der Waals surface area (Å²) in [5, 5.41) is 3.97. The first-order chi connectivity index (χ1) is 6.29. The van der Waals surface area contributed by atoms with E-state index in [1.54, 1.807) is 6.20 Å². The molecule has 2 nitrogen and oxygen atoms in total. The molecular weight excluding hydrogens is 186 g/mol. The summed E-state index contributed by atoms with van der Waals surface area (Å²) in [5.41, 5.74) is 3.07. The highest BCUT2D eigenvalue weighted by Gasteiger charge is 2.08. The molecule has 2 rings (SSSR count). The molecule has 0 amide bonds. The van der Waals surface area contributed by atoms with E-state index in [9.17, 15) is 0 Å². The van der Waals surface area contributed by atoms with Gasteiger partial charge in [0.15, 0.2) is 0 Å². The maximum Gasteiger partial charge on any atom is 0.233 e. The number of nitrogens with zero attached hydrogens (tertiary/aromatic N) is 1. The Kier molecular flexibility index (Phi) is 2.07. The fraction of sp³-hybridized carbons (Fsp3) is 0.100. The minimum Gasteiger partial charge on any atom is -0.344 e. The third kappa shape index (κ3) is 1.45. The fourth-order valence-corrected chi connectivity index (χ4v) is 1.47. The number of benzene rings is 1. The van der Waals surface area contributed by atoms with Gasteiger partial charge in [0.2, 0.25) is 5.22 Å². The maximum atomic E-state index is 5.82. The van der Waals surface area contributed by atoms with Crippen LogP contribution in [0.5, 0.6) is 0 Å². The predicted molar refractivity (Wildman–Crippen MR) is 51.7 cm³/mol. The summed E-state index contributed by atoms with van der Waals surface area (Å²) in [6.07, 6.45) is 1.63. The number of aryl methyl sites for hydroxylation is 1. The van der Waals surface area contributed by atoms with Crippen molar-refractivity contribution in [2.75, 3.05) is 0 Å². The lowest BCUT2D eigenvalue weighted by atomic mass is 10.0. The summed E-state index contributed by atoms with van der Waals surface area (Å²) in [6.45, 7) is 2.03. The van der Waals surface area contributed by atoms with Gasteiger partial charge >= 0.3 is 0 Å². The first-order valence-corrected chi connectivity index (χ1v) is 4.33. The summed E-state index contributed by atoms with van der Waals surface area (Å²) in [7, 11) is 0. The summed E-state index contributed by atoms with van der Waals surface area (Å²) in [4.78, 5) is 0. The molecule has 1 aromatic carbocycles. The Bertz CT molecular complexity index is 422. The standard InChI is InChI=1S/C10H8ClNO/c1-7-4-2-3-5-8(7)9-6-12-13-10(9)11/h2-6H,1H3. The lowest BCUT2D eigenvalue weighted by molar-refractivity contribution is 0.422. The number of rotatable bonds is 1. The van der Waals surface area contributed by atoms with Crippen molar-refractivity contribution in [2.24, 2.45) is 0 Å². The van der Waals surface area contributed by atoms with E-state index in [0.717, 1.165) is 16.7 Å².